The zero-order chi connectivity index (χ0) is 13.9. The first-order valence-corrected chi connectivity index (χ1v) is 7.41. The number of nitrogens with zero attached hydrogens (tertiary/aromatic N) is 2. The molecular formula is C16H26N2O. The van der Waals surface area contributed by atoms with Gasteiger partial charge in [-0.2, -0.15) is 0 Å². The number of rotatable bonds is 3. The van der Waals surface area contributed by atoms with E-state index in [9.17, 15) is 5.11 Å². The van der Waals surface area contributed by atoms with Crippen LogP contribution in [0.15, 0.2) is 18.3 Å². The number of hydrogen-bond donors (Lipinski definition) is 1. The molecule has 0 aliphatic carbocycles. The Morgan fingerprint density at radius 2 is 2.11 bits per heavy atom. The van der Waals surface area contributed by atoms with Crippen molar-refractivity contribution in [1.29, 1.82) is 0 Å². The van der Waals surface area contributed by atoms with E-state index < -0.39 is 6.10 Å². The number of hydrogen-bond acceptors (Lipinski definition) is 3. The van der Waals surface area contributed by atoms with Crippen LogP contribution in [0.1, 0.15) is 58.3 Å². The summed E-state index contributed by atoms with van der Waals surface area (Å²) in [6, 6.07) is 4.05. The maximum Gasteiger partial charge on any atom is 0.0957 e. The van der Waals surface area contributed by atoms with Crippen molar-refractivity contribution in [2.24, 2.45) is 5.41 Å². The van der Waals surface area contributed by atoms with Gasteiger partial charge in [0.25, 0.3) is 0 Å². The van der Waals surface area contributed by atoms with Crippen molar-refractivity contribution in [3.8, 4) is 0 Å². The van der Waals surface area contributed by atoms with Crippen molar-refractivity contribution in [1.82, 2.24) is 4.98 Å². The molecule has 1 aromatic heterocycles. The maximum atomic E-state index is 9.77. The molecule has 0 unspecified atom stereocenters. The summed E-state index contributed by atoms with van der Waals surface area (Å²) >= 11 is 0. The van der Waals surface area contributed by atoms with Crippen LogP contribution < -0.4 is 4.90 Å². The summed E-state index contributed by atoms with van der Waals surface area (Å²) in [6.07, 6.45) is 5.95. The lowest BCUT2D eigenvalue weighted by molar-refractivity contribution is 0.169. The Labute approximate surface area is 116 Å². The summed E-state index contributed by atoms with van der Waals surface area (Å²) in [5, 5.41) is 9.77. The van der Waals surface area contributed by atoms with Gasteiger partial charge >= 0.3 is 0 Å². The van der Waals surface area contributed by atoms with E-state index >= 15 is 0 Å². The predicted molar refractivity (Wildman–Crippen MR) is 79.3 cm³/mol. The minimum absolute atomic E-state index is 0.433. The van der Waals surface area contributed by atoms with Gasteiger partial charge in [0.1, 0.15) is 0 Å². The van der Waals surface area contributed by atoms with Crippen molar-refractivity contribution < 1.29 is 5.11 Å². The summed E-state index contributed by atoms with van der Waals surface area (Å²) in [6.45, 7) is 8.90. The third-order valence-corrected chi connectivity index (χ3v) is 4.20. The van der Waals surface area contributed by atoms with E-state index in [-0.39, 0.29) is 0 Å². The summed E-state index contributed by atoms with van der Waals surface area (Å²) in [5.41, 5.74) is 2.42. The van der Waals surface area contributed by atoms with Gasteiger partial charge in [0, 0.05) is 13.1 Å². The highest BCUT2D eigenvalue weighted by atomic mass is 16.3. The van der Waals surface area contributed by atoms with E-state index in [0.29, 0.717) is 11.8 Å². The van der Waals surface area contributed by atoms with Crippen LogP contribution in [0.25, 0.3) is 0 Å². The highest BCUT2D eigenvalue weighted by Crippen LogP contribution is 2.31. The smallest absolute Gasteiger partial charge is 0.0957 e. The Kier molecular flexibility index (Phi) is 4.46. The lowest BCUT2D eigenvalue weighted by atomic mass is 9.85. The molecule has 0 bridgehead atoms. The minimum Gasteiger partial charge on any atom is -0.387 e. The molecule has 0 radical (unpaired) electrons. The average Bonchev–Trinajstić information content (AvgIpc) is 2.59. The molecule has 3 heteroatoms. The highest BCUT2D eigenvalue weighted by Gasteiger charge is 2.23. The van der Waals surface area contributed by atoms with Crippen LogP contribution in [-0.4, -0.2) is 23.2 Å². The van der Waals surface area contributed by atoms with Crippen molar-refractivity contribution in [3.05, 3.63) is 24.0 Å². The van der Waals surface area contributed by atoms with Gasteiger partial charge in [-0.25, -0.2) is 0 Å². The van der Waals surface area contributed by atoms with E-state index in [1.165, 1.54) is 24.9 Å². The molecule has 1 aliphatic heterocycles. The monoisotopic (exact) mass is 262 g/mol. The largest absolute Gasteiger partial charge is 0.387 e. The molecule has 1 N–H and O–H groups in total. The van der Waals surface area contributed by atoms with E-state index in [0.717, 1.165) is 18.8 Å². The second kappa shape index (κ2) is 5.91. The molecule has 1 saturated heterocycles. The van der Waals surface area contributed by atoms with Crippen LogP contribution in [0.4, 0.5) is 5.69 Å². The van der Waals surface area contributed by atoms with Gasteiger partial charge in [0.2, 0.25) is 0 Å². The molecule has 106 valence electrons. The summed E-state index contributed by atoms with van der Waals surface area (Å²) < 4.78 is 0. The Morgan fingerprint density at radius 3 is 2.74 bits per heavy atom. The summed E-state index contributed by atoms with van der Waals surface area (Å²) in [7, 11) is 0. The fraction of sp³-hybridized carbons (Fsp3) is 0.688. The van der Waals surface area contributed by atoms with E-state index in [1.807, 2.05) is 19.2 Å². The molecule has 2 rings (SSSR count). The Hall–Kier alpha value is -1.09. The Morgan fingerprint density at radius 1 is 1.32 bits per heavy atom. The van der Waals surface area contributed by atoms with Gasteiger partial charge in [0.05, 0.1) is 23.7 Å². The maximum absolute atomic E-state index is 9.77. The van der Waals surface area contributed by atoms with E-state index in [1.54, 1.807) is 0 Å². The first-order chi connectivity index (χ1) is 9.02. The molecule has 1 aromatic rings. The number of aliphatic hydroxyl groups excluding tert-OH is 1. The molecule has 0 aromatic carbocycles. The van der Waals surface area contributed by atoms with Crippen molar-refractivity contribution in [3.63, 3.8) is 0 Å². The molecule has 3 nitrogen and oxygen atoms in total. The fourth-order valence-corrected chi connectivity index (χ4v) is 2.67. The van der Waals surface area contributed by atoms with Crippen LogP contribution in [0.2, 0.25) is 0 Å². The Bertz CT molecular complexity index is 400. The van der Waals surface area contributed by atoms with Gasteiger partial charge in [-0.1, -0.05) is 20.8 Å². The molecule has 1 aliphatic rings. The van der Waals surface area contributed by atoms with Crippen LogP contribution in [0.5, 0.6) is 0 Å². The SMILES string of the molecule is CC[C@H](O)c1ccc(N2CCCC(C)(C)CC2)cn1. The topological polar surface area (TPSA) is 36.4 Å². The van der Waals surface area contributed by atoms with Crippen molar-refractivity contribution in [2.75, 3.05) is 18.0 Å². The van der Waals surface area contributed by atoms with Gasteiger partial charge in [0.15, 0.2) is 0 Å². The number of aliphatic hydroxyl groups is 1. The molecule has 0 spiro atoms. The van der Waals surface area contributed by atoms with Gasteiger partial charge in [-0.3, -0.25) is 4.98 Å². The first-order valence-electron chi connectivity index (χ1n) is 7.41. The molecule has 2 heterocycles. The molecular weight excluding hydrogens is 236 g/mol. The van der Waals surface area contributed by atoms with Crippen LogP contribution >= 0.6 is 0 Å². The average molecular weight is 262 g/mol. The van der Waals surface area contributed by atoms with Gasteiger partial charge < -0.3 is 10.0 Å². The molecule has 0 amide bonds. The number of pyridine rings is 1. The zero-order valence-corrected chi connectivity index (χ0v) is 12.4. The summed E-state index contributed by atoms with van der Waals surface area (Å²) in [4.78, 5) is 6.82. The third kappa shape index (κ3) is 3.69. The minimum atomic E-state index is -0.433. The van der Waals surface area contributed by atoms with Crippen molar-refractivity contribution >= 4 is 5.69 Å². The molecule has 19 heavy (non-hydrogen) atoms. The second-order valence-corrected chi connectivity index (χ2v) is 6.37. The molecule has 1 fully saturated rings. The lowest BCUT2D eigenvalue weighted by Crippen LogP contribution is -2.25. The van der Waals surface area contributed by atoms with Crippen LogP contribution in [0, 0.1) is 5.41 Å². The fourth-order valence-electron chi connectivity index (χ4n) is 2.67. The normalized spacial score (nSPS) is 20.9. The quantitative estimate of drug-likeness (QED) is 0.905. The van der Waals surface area contributed by atoms with Crippen LogP contribution in [-0.2, 0) is 0 Å². The predicted octanol–water partition coefficient (Wildman–Crippen LogP) is 3.54. The second-order valence-electron chi connectivity index (χ2n) is 6.37. The highest BCUT2D eigenvalue weighted by molar-refractivity contribution is 5.44. The molecule has 1 atom stereocenters. The number of anilines is 1. The van der Waals surface area contributed by atoms with E-state index in [4.69, 9.17) is 0 Å². The van der Waals surface area contributed by atoms with Gasteiger partial charge in [-0.05, 0) is 43.2 Å². The van der Waals surface area contributed by atoms with Crippen LogP contribution in [0.3, 0.4) is 0 Å². The zero-order valence-electron chi connectivity index (χ0n) is 12.4. The lowest BCUT2D eigenvalue weighted by Gasteiger charge is -2.24. The summed E-state index contributed by atoms with van der Waals surface area (Å²) in [5.74, 6) is 0. The van der Waals surface area contributed by atoms with E-state index in [2.05, 4.69) is 29.8 Å². The first kappa shape index (κ1) is 14.3. The number of aromatic nitrogens is 1. The third-order valence-electron chi connectivity index (χ3n) is 4.20. The Balaban J connectivity index is 2.05. The van der Waals surface area contributed by atoms with Gasteiger partial charge in [-0.15, -0.1) is 0 Å². The van der Waals surface area contributed by atoms with Crippen molar-refractivity contribution in [2.45, 2.75) is 52.6 Å². The molecule has 0 saturated carbocycles. The standard InChI is InChI=1S/C16H26N2O/c1-4-15(19)14-7-6-13(12-17-14)18-10-5-8-16(2,3)9-11-18/h6-7,12,15,19H,4-5,8-11H2,1-3H3/t15-/m0/s1.